The first kappa shape index (κ1) is 22.5. The molecule has 2 aromatic carbocycles. The molecule has 1 aliphatic carbocycles. The van der Waals surface area contributed by atoms with Crippen LogP contribution in [-0.2, 0) is 12.0 Å². The van der Waals surface area contributed by atoms with Gasteiger partial charge in [-0.1, -0.05) is 31.0 Å². The Kier molecular flexibility index (Phi) is 5.35. The summed E-state index contributed by atoms with van der Waals surface area (Å²) in [6, 6.07) is 8.48. The highest BCUT2D eigenvalue weighted by Gasteiger charge is 2.42. The van der Waals surface area contributed by atoms with E-state index in [-0.39, 0.29) is 16.5 Å². The van der Waals surface area contributed by atoms with Crippen LogP contribution < -0.4 is 26.1 Å². The van der Waals surface area contributed by atoms with Gasteiger partial charge < -0.3 is 30.4 Å². The van der Waals surface area contributed by atoms with Gasteiger partial charge >= 0.3 is 5.97 Å². The Morgan fingerprint density at radius 3 is 2.80 bits per heavy atom. The Labute approximate surface area is 216 Å². The van der Waals surface area contributed by atoms with Crippen molar-refractivity contribution < 1.29 is 14.6 Å². The van der Waals surface area contributed by atoms with Gasteiger partial charge in [0, 0.05) is 31.5 Å². The molecule has 1 spiro atoms. The van der Waals surface area contributed by atoms with E-state index < -0.39 is 11.4 Å². The van der Waals surface area contributed by atoms with Gasteiger partial charge in [-0.25, -0.2) is 4.79 Å². The number of nitrogens with one attached hydrogen (secondary N) is 1. The molecule has 1 aromatic heterocycles. The lowest BCUT2D eigenvalue weighted by Gasteiger charge is -2.39. The minimum atomic E-state index is -1.23. The van der Waals surface area contributed by atoms with Crippen molar-refractivity contribution in [2.45, 2.75) is 37.6 Å². The van der Waals surface area contributed by atoms with E-state index in [1.807, 2.05) is 4.57 Å². The molecule has 182 valence electrons. The molecule has 0 unspecified atom stereocenters. The number of pyridine rings is 1. The third kappa shape index (κ3) is 3.38. The maximum atomic E-state index is 13.2. The zero-order valence-corrected chi connectivity index (χ0v) is 21.4. The molecule has 35 heavy (non-hydrogen) atoms. The van der Waals surface area contributed by atoms with Crippen molar-refractivity contribution in [3.05, 3.63) is 55.4 Å². The molecule has 1 saturated carbocycles. The number of nitrogen functional groups attached to an aromatic ring is 1. The van der Waals surface area contributed by atoms with Crippen molar-refractivity contribution in [1.29, 1.82) is 0 Å². The molecule has 0 amide bonds. The van der Waals surface area contributed by atoms with E-state index >= 15 is 0 Å². The predicted octanol–water partition coefficient (Wildman–Crippen LogP) is 4.02. The smallest absolute Gasteiger partial charge is 0.341 e. The monoisotopic (exact) mass is 586 g/mol. The molecule has 8 nitrogen and oxygen atoms in total. The van der Waals surface area contributed by atoms with E-state index in [2.05, 4.69) is 57.1 Å². The summed E-state index contributed by atoms with van der Waals surface area (Å²) in [7, 11) is 0. The fourth-order valence-electron chi connectivity index (χ4n) is 6.02. The number of nitrogens with two attached hydrogens (primary N) is 1. The Hall–Kier alpha value is -2.95. The number of carboxylic acid groups (broad SMARTS) is 1. The second-order valence-electron chi connectivity index (χ2n) is 9.72. The number of hydrogen-bond donors (Lipinski definition) is 3. The highest BCUT2D eigenvalue weighted by Crippen LogP contribution is 2.49. The average Bonchev–Trinajstić information content (AvgIpc) is 3.49. The maximum absolute atomic E-state index is 13.2. The predicted molar refractivity (Wildman–Crippen MR) is 145 cm³/mol. The molecule has 3 heterocycles. The Morgan fingerprint density at radius 1 is 1.26 bits per heavy atom. The number of ether oxygens (including phenoxy) is 1. The average molecular weight is 586 g/mol. The number of fused-ring (bicyclic) bond motifs is 2. The Morgan fingerprint density at radius 2 is 2.03 bits per heavy atom. The normalized spacial score (nSPS) is 17.6. The minimum absolute atomic E-state index is 0.243. The topological polar surface area (TPSA) is 110 Å². The number of nitrogens with zero attached hydrogens (tertiary/aromatic N) is 2. The van der Waals surface area contributed by atoms with Gasteiger partial charge in [-0.3, -0.25) is 4.79 Å². The first-order valence-corrected chi connectivity index (χ1v) is 13.1. The number of benzene rings is 2. The van der Waals surface area contributed by atoms with Crippen molar-refractivity contribution in [1.82, 2.24) is 4.57 Å². The fourth-order valence-corrected chi connectivity index (χ4v) is 6.73. The molecular weight excluding hydrogens is 559 g/mol. The van der Waals surface area contributed by atoms with Gasteiger partial charge in [-0.05, 0) is 53.5 Å². The maximum Gasteiger partial charge on any atom is 0.341 e. The summed E-state index contributed by atoms with van der Waals surface area (Å²) in [5, 5.41) is 13.5. The van der Waals surface area contributed by atoms with Gasteiger partial charge in [0.15, 0.2) is 5.75 Å². The molecule has 0 bridgehead atoms. The van der Waals surface area contributed by atoms with E-state index in [0.717, 1.165) is 50.9 Å². The van der Waals surface area contributed by atoms with Crippen molar-refractivity contribution in [3.8, 4) is 5.75 Å². The van der Waals surface area contributed by atoms with Crippen LogP contribution in [-0.4, -0.2) is 41.9 Å². The third-order valence-electron chi connectivity index (χ3n) is 7.80. The minimum Gasteiger partial charge on any atom is -0.487 e. The number of aromatic carboxylic acids is 1. The number of hydrogen-bond acceptors (Lipinski definition) is 6. The molecule has 1 fully saturated rings. The Balaban J connectivity index is 1.43. The number of para-hydroxylation sites is 1. The highest BCUT2D eigenvalue weighted by atomic mass is 127. The second kappa shape index (κ2) is 8.32. The van der Waals surface area contributed by atoms with Gasteiger partial charge in [-0.2, -0.15) is 0 Å². The van der Waals surface area contributed by atoms with Crippen LogP contribution in [0.3, 0.4) is 0 Å². The molecule has 9 heteroatoms. The van der Waals surface area contributed by atoms with Crippen LogP contribution >= 0.6 is 22.6 Å². The standard InChI is InChI=1S/C26H27IN4O4/c27-19-20(28)18-22-24(21(19)29-10-12-30-11-7-15-5-1-2-6-17(15)30)35-14-26(8-3-4-9-26)31(22)13-16(23(18)32)25(33)34/h1-2,5-6,13,29H,3-4,7-12,14,28H2,(H,33,34). The van der Waals surface area contributed by atoms with E-state index in [0.29, 0.717) is 33.7 Å². The van der Waals surface area contributed by atoms with Gasteiger partial charge in [0.1, 0.15) is 12.2 Å². The summed E-state index contributed by atoms with van der Waals surface area (Å²) in [5.41, 5.74) is 9.72. The van der Waals surface area contributed by atoms with Crippen LogP contribution in [0, 0.1) is 3.57 Å². The van der Waals surface area contributed by atoms with Gasteiger partial charge in [0.05, 0.1) is 31.4 Å². The van der Waals surface area contributed by atoms with E-state index in [4.69, 9.17) is 10.5 Å². The first-order chi connectivity index (χ1) is 16.9. The number of carbonyl (C=O) groups is 1. The lowest BCUT2D eigenvalue weighted by Crippen LogP contribution is -2.42. The molecule has 0 radical (unpaired) electrons. The van der Waals surface area contributed by atoms with Crippen molar-refractivity contribution >= 4 is 56.5 Å². The van der Waals surface area contributed by atoms with Gasteiger partial charge in [0.2, 0.25) is 5.43 Å². The number of rotatable bonds is 5. The molecule has 6 rings (SSSR count). The molecular formula is C26H27IN4O4. The quantitative estimate of drug-likeness (QED) is 0.306. The highest BCUT2D eigenvalue weighted by molar-refractivity contribution is 14.1. The summed E-state index contributed by atoms with van der Waals surface area (Å²) >= 11 is 2.13. The SMILES string of the molecule is Nc1c(I)c(NCCN2CCc3ccccc32)c2c3c1c(=O)c(C(=O)O)cn3C1(CCCC1)CO2. The third-order valence-corrected chi connectivity index (χ3v) is 8.92. The summed E-state index contributed by atoms with van der Waals surface area (Å²) in [5.74, 6) is -0.642. The number of aromatic nitrogens is 1. The molecule has 3 aliphatic rings. The van der Waals surface area contributed by atoms with Crippen LogP contribution in [0.4, 0.5) is 17.1 Å². The summed E-state index contributed by atoms with van der Waals surface area (Å²) in [6.07, 6.45) is 6.40. The van der Waals surface area contributed by atoms with Crippen molar-refractivity contribution in [2.75, 3.05) is 42.2 Å². The Bertz CT molecular complexity index is 1430. The summed E-state index contributed by atoms with van der Waals surface area (Å²) in [6.45, 7) is 2.93. The van der Waals surface area contributed by atoms with Gasteiger partial charge in [-0.15, -0.1) is 0 Å². The zero-order chi connectivity index (χ0) is 24.3. The number of anilines is 3. The van der Waals surface area contributed by atoms with Crippen molar-refractivity contribution in [2.24, 2.45) is 0 Å². The van der Waals surface area contributed by atoms with Crippen LogP contribution in [0.25, 0.3) is 10.9 Å². The number of carboxylic acids is 1. The summed E-state index contributed by atoms with van der Waals surface area (Å²) < 4.78 is 9.07. The fraction of sp³-hybridized carbons (Fsp3) is 0.385. The molecule has 2 aliphatic heterocycles. The largest absolute Gasteiger partial charge is 0.487 e. The molecule has 0 saturated heterocycles. The van der Waals surface area contributed by atoms with E-state index in [1.54, 1.807) is 0 Å². The zero-order valence-electron chi connectivity index (χ0n) is 19.3. The molecule has 0 atom stereocenters. The van der Waals surface area contributed by atoms with Crippen LogP contribution in [0.1, 0.15) is 41.6 Å². The van der Waals surface area contributed by atoms with Crippen molar-refractivity contribution in [3.63, 3.8) is 0 Å². The van der Waals surface area contributed by atoms with E-state index in [9.17, 15) is 14.7 Å². The van der Waals surface area contributed by atoms with Crippen LogP contribution in [0.5, 0.6) is 5.75 Å². The lowest BCUT2D eigenvalue weighted by atomic mass is 9.93. The van der Waals surface area contributed by atoms with Gasteiger partial charge in [0.25, 0.3) is 0 Å². The number of halogens is 1. The first-order valence-electron chi connectivity index (χ1n) is 12.0. The lowest BCUT2D eigenvalue weighted by molar-refractivity contribution is 0.0692. The van der Waals surface area contributed by atoms with E-state index in [1.165, 1.54) is 17.4 Å². The second-order valence-corrected chi connectivity index (χ2v) is 10.8. The summed E-state index contributed by atoms with van der Waals surface area (Å²) in [4.78, 5) is 27.6. The van der Waals surface area contributed by atoms with Crippen LogP contribution in [0.15, 0.2) is 35.3 Å². The molecule has 4 N–H and O–H groups in total. The molecule has 3 aromatic rings. The van der Waals surface area contributed by atoms with Crippen LogP contribution in [0.2, 0.25) is 0 Å².